The molecule has 3 saturated heterocycles. The van der Waals surface area contributed by atoms with Crippen molar-refractivity contribution in [1.82, 2.24) is 0 Å². The van der Waals surface area contributed by atoms with Crippen LogP contribution in [0.5, 0.6) is 0 Å². The topological polar surface area (TPSA) is 61.9 Å². The predicted molar refractivity (Wildman–Crippen MR) is 479 cm³/mol. The Morgan fingerprint density at radius 3 is 0.776 bits per heavy atom. The molecule has 8 nitrogen and oxygen atoms in total. The SMILES string of the molecule is CC1(C)OB(B2OC(C)(C)C(C)(C)O2)OC1(C)C.CC1(C)OB(c2ccc(N(c3ccc4c(c3)C3(c5ccccc5-c5ccccc53)c3ccccc3-4)c3ccccc3-c3ccccc3)cc2)OC1(C)C.Clc1ccc(N(c2ccc3c(c2)C2(c4ccccc4-c4ccccc42)c2ccccc2-3)c2ccccc2-c2ccccc2)cc1. The molecule has 0 radical (unpaired) electrons. The highest BCUT2D eigenvalue weighted by Gasteiger charge is 2.64. The zero-order chi connectivity index (χ0) is 79.9. The Kier molecular flexibility index (Phi) is 18.2. The van der Waals surface area contributed by atoms with Crippen LogP contribution in [-0.2, 0) is 38.8 Å². The van der Waals surface area contributed by atoms with Crippen LogP contribution in [0.2, 0.25) is 5.02 Å². The van der Waals surface area contributed by atoms with Gasteiger partial charge in [0, 0.05) is 38.9 Å². The molecule has 4 aliphatic carbocycles. The Balaban J connectivity index is 0.000000129. The standard InChI is InChI=1S/C49H40BNO2.C43H28ClN.C12H24B2O4/c1-47(2)48(3,4)53-50(52-47)34-26-28-35(29-27-34)51(46-25-15-11-18-37(46)33-16-6-5-7-17-33)36-30-31-41-40-21-10-14-24-44(40)49(45(41)32-36)42-22-12-8-19-38(42)39-20-9-13-23-43(39)49;44-30-22-24-31(25-23-30)45(42-21-11-7-14-33(42)29-12-2-1-3-13-29)32-26-27-37-36-17-6-10-20-40(36)43(41(37)28-32)38-18-8-4-15-34(38)35-16-5-9-19-39(35)43;1-9(2)10(3,4)16-13(15-9)14-17-11(5,6)12(7,8)18-14/h5-32H,1-4H3;1-28H;1-8H3. The molecule has 0 N–H and O–H groups in total. The first kappa shape index (κ1) is 75.0. The summed E-state index contributed by atoms with van der Waals surface area (Å²) in [4.78, 5) is 4.79. The lowest BCUT2D eigenvalue weighted by Gasteiger charge is -2.32. The van der Waals surface area contributed by atoms with Crippen molar-refractivity contribution in [2.45, 2.75) is 128 Å². The van der Waals surface area contributed by atoms with Crippen molar-refractivity contribution < 1.29 is 27.9 Å². The summed E-state index contributed by atoms with van der Waals surface area (Å²) < 4.78 is 36.8. The summed E-state index contributed by atoms with van der Waals surface area (Å²) in [6.45, 7) is 24.6. The molecular formula is C104H92B3ClN2O6. The van der Waals surface area contributed by atoms with Gasteiger partial charge in [0.15, 0.2) is 0 Å². The Morgan fingerprint density at radius 1 is 0.224 bits per heavy atom. The van der Waals surface area contributed by atoms with Gasteiger partial charge in [-0.2, -0.15) is 0 Å². The second kappa shape index (κ2) is 28.1. The summed E-state index contributed by atoms with van der Waals surface area (Å²) in [5.41, 5.74) is 30.2. The molecular weight excluding hydrogens is 1440 g/mol. The Labute approximate surface area is 689 Å². The molecule has 3 heterocycles. The molecule has 2 spiro atoms. The lowest BCUT2D eigenvalue weighted by molar-refractivity contribution is 0.00578. The van der Waals surface area contributed by atoms with Crippen molar-refractivity contribution >= 4 is 72.3 Å². The molecule has 0 saturated carbocycles. The third-order valence-electron chi connectivity index (χ3n) is 26.5. The summed E-state index contributed by atoms with van der Waals surface area (Å²) in [7, 11) is -1.38. The summed E-state index contributed by atoms with van der Waals surface area (Å²) in [5, 5.41) is 0.720. The maximum atomic E-state index is 6.45. The highest BCUT2D eigenvalue weighted by Crippen LogP contribution is 2.66. The number of halogens is 1. The van der Waals surface area contributed by atoms with Crippen molar-refractivity contribution in [3.05, 3.63) is 389 Å². The van der Waals surface area contributed by atoms with Gasteiger partial charge in [-0.05, 0) is 261 Å². The number of benzene rings is 14. The Hall–Kier alpha value is -11.1. The van der Waals surface area contributed by atoms with Crippen LogP contribution in [0.15, 0.2) is 340 Å². The average Bonchev–Trinajstić information content (AvgIpc) is 1.51. The molecule has 14 aromatic rings. The highest BCUT2D eigenvalue weighted by atomic mass is 35.5. The minimum atomic E-state index is -0.476. The van der Waals surface area contributed by atoms with Gasteiger partial charge in [0.2, 0.25) is 0 Å². The van der Waals surface area contributed by atoms with Crippen LogP contribution in [-0.4, -0.2) is 54.7 Å². The Bertz CT molecular complexity index is 5930. The van der Waals surface area contributed by atoms with E-state index in [1.165, 1.54) is 106 Å². The molecule has 0 atom stereocenters. The lowest BCUT2D eigenvalue weighted by Crippen LogP contribution is -2.41. The molecule has 116 heavy (non-hydrogen) atoms. The van der Waals surface area contributed by atoms with Crippen molar-refractivity contribution in [2.75, 3.05) is 9.80 Å². The van der Waals surface area contributed by atoms with Crippen LogP contribution in [0.3, 0.4) is 0 Å². The van der Waals surface area contributed by atoms with Gasteiger partial charge in [0.05, 0.1) is 55.8 Å². The van der Waals surface area contributed by atoms with E-state index in [-0.39, 0.29) is 22.4 Å². The van der Waals surface area contributed by atoms with E-state index in [9.17, 15) is 0 Å². The first-order chi connectivity index (χ1) is 55.9. The van der Waals surface area contributed by atoms with E-state index >= 15 is 0 Å². The predicted octanol–water partition coefficient (Wildman–Crippen LogP) is 25.5. The number of anilines is 6. The van der Waals surface area contributed by atoms with Crippen molar-refractivity contribution in [1.29, 1.82) is 0 Å². The van der Waals surface area contributed by atoms with Crippen LogP contribution in [0, 0.1) is 0 Å². The number of nitrogens with zero attached hydrogens (tertiary/aromatic N) is 2. The van der Waals surface area contributed by atoms with Crippen LogP contribution in [0.25, 0.3) is 66.8 Å². The minimum Gasteiger partial charge on any atom is -0.405 e. The molecule has 3 fully saturated rings. The van der Waals surface area contributed by atoms with E-state index in [0.29, 0.717) is 0 Å². The van der Waals surface area contributed by atoms with Gasteiger partial charge >= 0.3 is 21.1 Å². The summed E-state index contributed by atoms with van der Waals surface area (Å²) in [6.07, 6.45) is 0. The van der Waals surface area contributed by atoms with Crippen molar-refractivity contribution in [3.8, 4) is 66.8 Å². The molecule has 14 aromatic carbocycles. The van der Waals surface area contributed by atoms with Crippen LogP contribution in [0.1, 0.15) is 128 Å². The minimum absolute atomic E-state index is 0.360. The Morgan fingerprint density at radius 2 is 0.466 bits per heavy atom. The second-order valence-electron chi connectivity index (χ2n) is 34.6. The lowest BCUT2D eigenvalue weighted by atomic mass is 9.49. The average molecular weight is 1530 g/mol. The van der Waals surface area contributed by atoms with Crippen LogP contribution in [0.4, 0.5) is 34.1 Å². The first-order valence-corrected chi connectivity index (χ1v) is 41.0. The molecule has 0 unspecified atom stereocenters. The van der Waals surface area contributed by atoms with E-state index in [0.717, 1.165) is 50.2 Å². The molecule has 570 valence electrons. The van der Waals surface area contributed by atoms with Crippen molar-refractivity contribution in [2.24, 2.45) is 0 Å². The van der Waals surface area contributed by atoms with Gasteiger partial charge in [0.1, 0.15) is 0 Å². The highest BCUT2D eigenvalue weighted by molar-refractivity contribution is 7.11. The normalized spacial score (nSPS) is 17.6. The molecule has 3 aliphatic heterocycles. The number of hydrogen-bond donors (Lipinski definition) is 0. The summed E-state index contributed by atoms with van der Waals surface area (Å²) >= 11 is 6.42. The largest absolute Gasteiger partial charge is 0.494 e. The van der Waals surface area contributed by atoms with E-state index < -0.39 is 43.2 Å². The van der Waals surface area contributed by atoms with Gasteiger partial charge in [-0.3, -0.25) is 0 Å². The van der Waals surface area contributed by atoms with Crippen LogP contribution >= 0.6 is 11.6 Å². The third-order valence-corrected chi connectivity index (χ3v) is 26.7. The second-order valence-corrected chi connectivity index (χ2v) is 35.0. The van der Waals surface area contributed by atoms with E-state index in [4.69, 9.17) is 39.5 Å². The number of fused-ring (bicyclic) bond motifs is 20. The van der Waals surface area contributed by atoms with E-state index in [2.05, 4.69) is 365 Å². The van der Waals surface area contributed by atoms with Gasteiger partial charge in [-0.15, -0.1) is 0 Å². The molecule has 0 bridgehead atoms. The smallest absolute Gasteiger partial charge is 0.405 e. The summed E-state index contributed by atoms with van der Waals surface area (Å²) in [6, 6.07) is 124. The van der Waals surface area contributed by atoms with Gasteiger partial charge in [-0.25, -0.2) is 0 Å². The fraction of sp³-hybridized carbons (Fsp3) is 0.192. The quantitative estimate of drug-likeness (QED) is 0.126. The molecule has 0 amide bonds. The van der Waals surface area contributed by atoms with Gasteiger partial charge < -0.3 is 37.7 Å². The monoisotopic (exact) mass is 1530 g/mol. The molecule has 0 aromatic heterocycles. The fourth-order valence-electron chi connectivity index (χ4n) is 18.7. The van der Waals surface area contributed by atoms with Crippen LogP contribution < -0.4 is 15.3 Å². The zero-order valence-corrected chi connectivity index (χ0v) is 68.5. The maximum Gasteiger partial charge on any atom is 0.494 e. The van der Waals surface area contributed by atoms with Gasteiger partial charge in [0.25, 0.3) is 0 Å². The number of para-hydroxylation sites is 2. The number of hydrogen-bond acceptors (Lipinski definition) is 8. The van der Waals surface area contributed by atoms with Gasteiger partial charge in [-0.1, -0.05) is 279 Å². The third kappa shape index (κ3) is 11.9. The van der Waals surface area contributed by atoms with E-state index in [1.54, 1.807) is 0 Å². The van der Waals surface area contributed by atoms with E-state index in [1.807, 2.05) is 67.5 Å². The molecule has 21 rings (SSSR count). The van der Waals surface area contributed by atoms with Crippen molar-refractivity contribution in [3.63, 3.8) is 0 Å². The zero-order valence-electron chi connectivity index (χ0n) is 67.8. The first-order valence-electron chi connectivity index (χ1n) is 40.6. The molecule has 7 aliphatic rings. The number of rotatable bonds is 10. The fourth-order valence-corrected chi connectivity index (χ4v) is 18.8. The maximum absolute atomic E-state index is 6.45. The summed E-state index contributed by atoms with van der Waals surface area (Å²) in [5.74, 6) is 0. The molecule has 12 heteroatoms.